The molecular formula is C28H29N5O. The van der Waals surface area contributed by atoms with E-state index in [0.29, 0.717) is 6.54 Å². The predicted octanol–water partition coefficient (Wildman–Crippen LogP) is 5.47. The van der Waals surface area contributed by atoms with Gasteiger partial charge in [-0.05, 0) is 54.8 Å². The van der Waals surface area contributed by atoms with Crippen molar-refractivity contribution in [3.63, 3.8) is 0 Å². The summed E-state index contributed by atoms with van der Waals surface area (Å²) in [6.45, 7) is 5.39. The second kappa shape index (κ2) is 9.93. The second-order valence-electron chi connectivity index (χ2n) is 8.71. The van der Waals surface area contributed by atoms with E-state index in [-0.39, 0.29) is 6.03 Å². The summed E-state index contributed by atoms with van der Waals surface area (Å²) >= 11 is 0. The maximum Gasteiger partial charge on any atom is 0.319 e. The van der Waals surface area contributed by atoms with Crippen molar-refractivity contribution in [3.8, 4) is 0 Å². The first-order valence-corrected chi connectivity index (χ1v) is 11.7. The fourth-order valence-corrected chi connectivity index (χ4v) is 4.49. The third-order valence-corrected chi connectivity index (χ3v) is 6.17. The van der Waals surface area contributed by atoms with Crippen LogP contribution in [0.2, 0.25) is 0 Å². The van der Waals surface area contributed by atoms with Crippen LogP contribution >= 0.6 is 0 Å². The topological polar surface area (TPSA) is 69.3 Å². The number of fused-ring (bicyclic) bond motifs is 2. The molecule has 1 aliphatic heterocycles. The third kappa shape index (κ3) is 5.18. The number of para-hydroxylation sites is 1. The van der Waals surface area contributed by atoms with Gasteiger partial charge in [-0.25, -0.2) is 4.79 Å². The molecule has 0 spiro atoms. The van der Waals surface area contributed by atoms with E-state index in [2.05, 4.69) is 56.2 Å². The first kappa shape index (κ1) is 21.9. The zero-order valence-corrected chi connectivity index (χ0v) is 19.3. The molecule has 172 valence electrons. The summed E-state index contributed by atoms with van der Waals surface area (Å²) in [5.41, 5.74) is 7.37. The van der Waals surface area contributed by atoms with Crippen molar-refractivity contribution in [2.24, 2.45) is 0 Å². The van der Waals surface area contributed by atoms with Crippen LogP contribution in [0.4, 0.5) is 21.9 Å². The third-order valence-electron chi connectivity index (χ3n) is 6.17. The van der Waals surface area contributed by atoms with Crippen LogP contribution in [0.25, 0.3) is 10.9 Å². The summed E-state index contributed by atoms with van der Waals surface area (Å²) in [7, 11) is 0. The van der Waals surface area contributed by atoms with Gasteiger partial charge in [-0.2, -0.15) is 0 Å². The Bertz CT molecular complexity index is 1320. The molecule has 6 heteroatoms. The number of benzene rings is 3. The van der Waals surface area contributed by atoms with Crippen molar-refractivity contribution < 1.29 is 4.79 Å². The molecule has 0 radical (unpaired) electrons. The number of carbonyl (C=O) groups excluding carboxylic acids is 1. The Morgan fingerprint density at radius 1 is 0.941 bits per heavy atom. The number of hydrogen-bond donors (Lipinski definition) is 3. The zero-order valence-electron chi connectivity index (χ0n) is 19.3. The Morgan fingerprint density at radius 3 is 2.65 bits per heavy atom. The van der Waals surface area contributed by atoms with Gasteiger partial charge in [0.25, 0.3) is 0 Å². The molecule has 34 heavy (non-hydrogen) atoms. The molecule has 3 N–H and O–H groups in total. The smallest absolute Gasteiger partial charge is 0.319 e. The van der Waals surface area contributed by atoms with Crippen molar-refractivity contribution in [2.45, 2.75) is 19.9 Å². The Balaban J connectivity index is 1.16. The van der Waals surface area contributed by atoms with Gasteiger partial charge in [0.05, 0.1) is 5.52 Å². The molecule has 5 rings (SSSR count). The summed E-state index contributed by atoms with van der Waals surface area (Å²) in [6.07, 6.45) is 1.06. The molecule has 0 bridgehead atoms. The monoisotopic (exact) mass is 451 g/mol. The lowest BCUT2D eigenvalue weighted by atomic mass is 10.00. The Hall–Kier alpha value is -3.90. The van der Waals surface area contributed by atoms with Gasteiger partial charge < -0.3 is 16.0 Å². The van der Waals surface area contributed by atoms with Crippen LogP contribution in [0.1, 0.15) is 16.8 Å². The number of anilines is 3. The molecule has 3 aromatic carbocycles. The Kier molecular flexibility index (Phi) is 6.40. The molecule has 0 aliphatic carbocycles. The highest BCUT2D eigenvalue weighted by Gasteiger charge is 2.15. The van der Waals surface area contributed by atoms with Gasteiger partial charge in [-0.3, -0.25) is 9.88 Å². The summed E-state index contributed by atoms with van der Waals surface area (Å²) in [4.78, 5) is 19.5. The van der Waals surface area contributed by atoms with E-state index in [1.165, 1.54) is 11.1 Å². The molecule has 6 nitrogen and oxygen atoms in total. The summed E-state index contributed by atoms with van der Waals surface area (Å²) in [5.74, 6) is 0. The van der Waals surface area contributed by atoms with E-state index >= 15 is 0 Å². The number of rotatable bonds is 6. The van der Waals surface area contributed by atoms with Crippen LogP contribution in [-0.2, 0) is 13.0 Å². The van der Waals surface area contributed by atoms with E-state index in [0.717, 1.165) is 59.7 Å². The highest BCUT2D eigenvalue weighted by molar-refractivity contribution is 5.94. The lowest BCUT2D eigenvalue weighted by Gasteiger charge is -2.28. The fraction of sp³-hybridized carbons (Fsp3) is 0.214. The molecule has 0 fully saturated rings. The lowest BCUT2D eigenvalue weighted by Crippen LogP contribution is -2.39. The number of carbonyl (C=O) groups is 1. The van der Waals surface area contributed by atoms with E-state index in [4.69, 9.17) is 0 Å². The molecule has 0 saturated heterocycles. The Labute approximate surface area is 200 Å². The minimum atomic E-state index is -0.195. The standard InChI is InChI=1S/C28H29N5O/c1-20-17-27(25-11-4-5-12-26(25)30-20)31-23-9-6-10-24(18-23)32-28(34)29-14-16-33-15-13-21-7-2-3-8-22(21)19-33/h2-12,17-18H,13-16,19H2,1H3,(H,30,31)(H2,29,32,34). The van der Waals surface area contributed by atoms with Crippen LogP contribution in [0, 0.1) is 6.92 Å². The average molecular weight is 452 g/mol. The van der Waals surface area contributed by atoms with Gasteiger partial charge in [0.15, 0.2) is 0 Å². The van der Waals surface area contributed by atoms with Gasteiger partial charge in [0, 0.05) is 54.3 Å². The molecule has 0 atom stereocenters. The molecule has 2 heterocycles. The van der Waals surface area contributed by atoms with Crippen molar-refractivity contribution in [1.82, 2.24) is 15.2 Å². The van der Waals surface area contributed by atoms with Gasteiger partial charge >= 0.3 is 6.03 Å². The van der Waals surface area contributed by atoms with E-state index in [1.54, 1.807) is 0 Å². The van der Waals surface area contributed by atoms with Gasteiger partial charge in [0.1, 0.15) is 0 Å². The molecule has 1 aromatic heterocycles. The largest absolute Gasteiger partial charge is 0.355 e. The van der Waals surface area contributed by atoms with Gasteiger partial charge in [-0.1, -0.05) is 48.5 Å². The fourth-order valence-electron chi connectivity index (χ4n) is 4.49. The number of urea groups is 1. The molecule has 1 aliphatic rings. The number of amides is 2. The van der Waals surface area contributed by atoms with Crippen LogP contribution in [0.3, 0.4) is 0 Å². The normalized spacial score (nSPS) is 13.3. The quantitative estimate of drug-likeness (QED) is 0.364. The number of nitrogens with zero attached hydrogens (tertiary/aromatic N) is 2. The summed E-state index contributed by atoms with van der Waals surface area (Å²) < 4.78 is 0. The van der Waals surface area contributed by atoms with Crippen molar-refractivity contribution in [2.75, 3.05) is 30.3 Å². The van der Waals surface area contributed by atoms with Crippen molar-refractivity contribution in [1.29, 1.82) is 0 Å². The minimum Gasteiger partial charge on any atom is -0.355 e. The SMILES string of the molecule is Cc1cc(Nc2cccc(NC(=O)NCCN3CCc4ccccc4C3)c2)c2ccccc2n1. The molecular weight excluding hydrogens is 422 g/mol. The Morgan fingerprint density at radius 2 is 1.74 bits per heavy atom. The summed E-state index contributed by atoms with van der Waals surface area (Å²) in [5, 5.41) is 10.5. The highest BCUT2D eigenvalue weighted by atomic mass is 16.2. The first-order chi connectivity index (χ1) is 16.6. The molecule has 2 amide bonds. The predicted molar refractivity (Wildman–Crippen MR) is 139 cm³/mol. The highest BCUT2D eigenvalue weighted by Crippen LogP contribution is 2.27. The van der Waals surface area contributed by atoms with Crippen LogP contribution < -0.4 is 16.0 Å². The zero-order chi connectivity index (χ0) is 23.3. The number of pyridine rings is 1. The van der Waals surface area contributed by atoms with Gasteiger partial charge in [-0.15, -0.1) is 0 Å². The molecule has 0 saturated carbocycles. The number of aryl methyl sites for hydroxylation is 1. The van der Waals surface area contributed by atoms with Crippen LogP contribution in [0.15, 0.2) is 78.9 Å². The van der Waals surface area contributed by atoms with Crippen LogP contribution in [0.5, 0.6) is 0 Å². The van der Waals surface area contributed by atoms with Crippen LogP contribution in [-0.4, -0.2) is 35.5 Å². The summed E-state index contributed by atoms with van der Waals surface area (Å²) in [6, 6.07) is 26.3. The first-order valence-electron chi connectivity index (χ1n) is 11.7. The van der Waals surface area contributed by atoms with E-state index in [9.17, 15) is 4.79 Å². The second-order valence-corrected chi connectivity index (χ2v) is 8.71. The van der Waals surface area contributed by atoms with E-state index < -0.39 is 0 Å². The maximum atomic E-state index is 12.5. The molecule has 0 unspecified atom stereocenters. The minimum absolute atomic E-state index is 0.195. The number of aromatic nitrogens is 1. The molecule has 4 aromatic rings. The maximum absolute atomic E-state index is 12.5. The van der Waals surface area contributed by atoms with Gasteiger partial charge in [0.2, 0.25) is 0 Å². The van der Waals surface area contributed by atoms with Crippen molar-refractivity contribution in [3.05, 3.63) is 95.7 Å². The number of hydrogen-bond acceptors (Lipinski definition) is 4. The lowest BCUT2D eigenvalue weighted by molar-refractivity contribution is 0.239. The average Bonchev–Trinajstić information content (AvgIpc) is 2.84. The van der Waals surface area contributed by atoms with Crippen molar-refractivity contribution >= 4 is 34.0 Å². The van der Waals surface area contributed by atoms with E-state index in [1.807, 2.05) is 55.5 Å². The number of nitrogens with one attached hydrogen (secondary N) is 3.